The summed E-state index contributed by atoms with van der Waals surface area (Å²) in [5.41, 5.74) is 23.7. The number of furan rings is 1. The number of ether oxygens (including phenoxy) is 1. The Morgan fingerprint density at radius 3 is 2.03 bits per heavy atom. The predicted octanol–water partition coefficient (Wildman–Crippen LogP) is 19.6. The van der Waals surface area contributed by atoms with Gasteiger partial charge in [0.05, 0.1) is 5.41 Å². The van der Waals surface area contributed by atoms with Crippen LogP contribution in [-0.4, -0.2) is 0 Å². The molecule has 1 atom stereocenters. The number of allylic oxidation sites excluding steroid dienone is 6. The van der Waals surface area contributed by atoms with Crippen molar-refractivity contribution in [1.82, 2.24) is 0 Å². The normalized spacial score (nSPS) is 16.6. The van der Waals surface area contributed by atoms with Crippen LogP contribution in [0, 0.1) is 0 Å². The van der Waals surface area contributed by atoms with Gasteiger partial charge in [-0.15, -0.1) is 0 Å². The van der Waals surface area contributed by atoms with Gasteiger partial charge in [-0.05, 0) is 145 Å². The van der Waals surface area contributed by atoms with Gasteiger partial charge in [0.15, 0.2) is 0 Å². The fraction of sp³-hybridized carbons (Fsp3) is 0.0811. The molecular weight excluding hydrogens is 935 g/mol. The maximum atomic E-state index is 7.26. The van der Waals surface area contributed by atoms with E-state index >= 15 is 0 Å². The van der Waals surface area contributed by atoms with Crippen LogP contribution < -0.4 is 9.64 Å². The largest absolute Gasteiger partial charge is 0.456 e. The first-order valence-corrected chi connectivity index (χ1v) is 26.8. The van der Waals surface area contributed by atoms with Gasteiger partial charge in [-0.2, -0.15) is 0 Å². The molecule has 11 aromatic rings. The SMILES string of the molecule is C=Cc1ccccc1C1=C(C)C2(c3ccccc3-c3c(-c4ccc(N(C5=CCC=C(c6ccc7c(c6)oc6ccccc67)C=C5)c5ccc6c(c5)C(C)(C)c5ccccc5-6)cc4)cccc32)c2ccc3ccccc3c2O1. The van der Waals surface area contributed by atoms with Gasteiger partial charge in [0.25, 0.3) is 0 Å². The second-order valence-corrected chi connectivity index (χ2v) is 21.5. The van der Waals surface area contributed by atoms with Gasteiger partial charge in [-0.3, -0.25) is 0 Å². The van der Waals surface area contributed by atoms with E-state index in [0.29, 0.717) is 0 Å². The second-order valence-electron chi connectivity index (χ2n) is 21.5. The van der Waals surface area contributed by atoms with E-state index in [-0.39, 0.29) is 5.41 Å². The third-order valence-corrected chi connectivity index (χ3v) is 17.2. The monoisotopic (exact) mass is 987 g/mol. The van der Waals surface area contributed by atoms with Crippen LogP contribution >= 0.6 is 0 Å². The minimum atomic E-state index is -0.635. The van der Waals surface area contributed by atoms with Crippen molar-refractivity contribution in [3.63, 3.8) is 0 Å². The highest BCUT2D eigenvalue weighted by atomic mass is 16.5. The topological polar surface area (TPSA) is 25.6 Å². The summed E-state index contributed by atoms with van der Waals surface area (Å²) in [4.78, 5) is 2.44. The van der Waals surface area contributed by atoms with Crippen LogP contribution in [0.4, 0.5) is 11.4 Å². The van der Waals surface area contributed by atoms with Crippen LogP contribution in [0.25, 0.3) is 83.5 Å². The zero-order valence-electron chi connectivity index (χ0n) is 43.3. The molecule has 10 aromatic carbocycles. The lowest BCUT2D eigenvalue weighted by Gasteiger charge is -2.41. The molecule has 2 heterocycles. The highest BCUT2D eigenvalue weighted by Crippen LogP contribution is 2.64. The lowest BCUT2D eigenvalue weighted by Crippen LogP contribution is -2.33. The molecule has 0 bridgehead atoms. The van der Waals surface area contributed by atoms with E-state index in [1.54, 1.807) is 0 Å². The Hall–Kier alpha value is -9.44. The quantitative estimate of drug-likeness (QED) is 0.159. The van der Waals surface area contributed by atoms with Crippen molar-refractivity contribution in [2.45, 2.75) is 38.0 Å². The fourth-order valence-corrected chi connectivity index (χ4v) is 13.6. The molecule has 0 N–H and O–H groups in total. The zero-order chi connectivity index (χ0) is 51.6. The first kappa shape index (κ1) is 45.0. The van der Waals surface area contributed by atoms with E-state index in [1.165, 1.54) is 50.1 Å². The Morgan fingerprint density at radius 1 is 0.494 bits per heavy atom. The summed E-state index contributed by atoms with van der Waals surface area (Å²) in [6, 6.07) is 77.8. The highest BCUT2D eigenvalue weighted by Gasteiger charge is 2.52. The maximum absolute atomic E-state index is 7.26. The first-order chi connectivity index (χ1) is 37.8. The summed E-state index contributed by atoms with van der Waals surface area (Å²) in [7, 11) is 0. The maximum Gasteiger partial charge on any atom is 0.140 e. The van der Waals surface area contributed by atoms with Crippen molar-refractivity contribution in [1.29, 1.82) is 0 Å². The average Bonchev–Trinajstić information content (AvgIpc) is 4.15. The molecule has 4 aliphatic rings. The Morgan fingerprint density at radius 2 is 1.17 bits per heavy atom. The molecule has 366 valence electrons. The van der Waals surface area contributed by atoms with Gasteiger partial charge in [0.2, 0.25) is 0 Å². The number of hydrogen-bond donors (Lipinski definition) is 0. The summed E-state index contributed by atoms with van der Waals surface area (Å²) in [5.74, 6) is 1.77. The van der Waals surface area contributed by atoms with Gasteiger partial charge in [-0.25, -0.2) is 0 Å². The van der Waals surface area contributed by atoms with Crippen molar-refractivity contribution in [3.05, 3.63) is 299 Å². The summed E-state index contributed by atoms with van der Waals surface area (Å²) < 4.78 is 13.6. The number of nitrogens with zero attached hydrogens (tertiary/aromatic N) is 1. The molecule has 77 heavy (non-hydrogen) atoms. The van der Waals surface area contributed by atoms with Crippen LogP contribution in [0.1, 0.15) is 71.7 Å². The molecule has 1 aliphatic heterocycles. The molecule has 1 spiro atoms. The summed E-state index contributed by atoms with van der Waals surface area (Å²) in [5, 5.41) is 4.52. The van der Waals surface area contributed by atoms with E-state index in [2.05, 4.69) is 257 Å². The Labute approximate surface area is 449 Å². The van der Waals surface area contributed by atoms with E-state index < -0.39 is 5.41 Å². The molecule has 0 amide bonds. The summed E-state index contributed by atoms with van der Waals surface area (Å²) in [6.45, 7) is 11.2. The smallest absolute Gasteiger partial charge is 0.140 e. The molecule has 0 fully saturated rings. The van der Waals surface area contributed by atoms with Crippen molar-refractivity contribution < 1.29 is 9.15 Å². The van der Waals surface area contributed by atoms with E-state index in [4.69, 9.17) is 9.15 Å². The van der Waals surface area contributed by atoms with Crippen molar-refractivity contribution >= 4 is 61.5 Å². The number of benzene rings is 10. The van der Waals surface area contributed by atoms with Gasteiger partial charge in [0.1, 0.15) is 22.7 Å². The first-order valence-electron chi connectivity index (χ1n) is 26.8. The van der Waals surface area contributed by atoms with E-state index in [1.807, 2.05) is 18.2 Å². The van der Waals surface area contributed by atoms with Gasteiger partial charge >= 0.3 is 0 Å². The Bertz CT molecular complexity index is 4460. The Kier molecular flexibility index (Phi) is 9.96. The molecule has 3 nitrogen and oxygen atoms in total. The third kappa shape index (κ3) is 6.57. The van der Waals surface area contributed by atoms with Crippen LogP contribution in [-0.2, 0) is 10.8 Å². The molecule has 0 saturated heterocycles. The average molecular weight is 988 g/mol. The number of para-hydroxylation sites is 1. The lowest BCUT2D eigenvalue weighted by molar-refractivity contribution is 0.471. The van der Waals surface area contributed by atoms with Crippen LogP contribution in [0.2, 0.25) is 0 Å². The molecule has 3 heteroatoms. The molecular formula is C74H53NO2. The van der Waals surface area contributed by atoms with Crippen molar-refractivity contribution in [3.8, 4) is 39.1 Å². The highest BCUT2D eigenvalue weighted by molar-refractivity contribution is 6.06. The third-order valence-electron chi connectivity index (χ3n) is 17.2. The van der Waals surface area contributed by atoms with E-state index in [0.717, 1.165) is 107 Å². The molecule has 0 saturated carbocycles. The van der Waals surface area contributed by atoms with Crippen molar-refractivity contribution in [2.75, 3.05) is 4.90 Å². The number of hydrogen-bond acceptors (Lipinski definition) is 3. The Balaban J connectivity index is 0.871. The zero-order valence-corrected chi connectivity index (χ0v) is 43.3. The van der Waals surface area contributed by atoms with Crippen molar-refractivity contribution in [2.24, 2.45) is 0 Å². The molecule has 1 unspecified atom stereocenters. The van der Waals surface area contributed by atoms with Crippen LogP contribution in [0.5, 0.6) is 5.75 Å². The minimum Gasteiger partial charge on any atom is -0.456 e. The van der Waals surface area contributed by atoms with Gasteiger partial charge in [-0.1, -0.05) is 215 Å². The minimum absolute atomic E-state index is 0.155. The van der Waals surface area contributed by atoms with Gasteiger partial charge in [0, 0.05) is 49.8 Å². The number of anilines is 2. The molecule has 15 rings (SSSR count). The summed E-state index contributed by atoms with van der Waals surface area (Å²) >= 11 is 0. The predicted molar refractivity (Wildman–Crippen MR) is 321 cm³/mol. The van der Waals surface area contributed by atoms with Gasteiger partial charge < -0.3 is 14.1 Å². The summed E-state index contributed by atoms with van der Waals surface area (Å²) in [6.07, 6.45) is 12.0. The van der Waals surface area contributed by atoms with Crippen LogP contribution in [0.15, 0.2) is 259 Å². The molecule has 3 aliphatic carbocycles. The lowest BCUT2D eigenvalue weighted by atomic mass is 9.65. The molecule has 1 aromatic heterocycles. The standard InChI is InChI=1S/C74H53NO2/c1-5-47-18-6-8-22-56(47)71-46(2)74(66-43-36-49-19-7-9-23-57(49)72(66)77-71)64-29-14-11-26-62(64)70-55(27-17-30-65(70)74)50-33-38-53(39-34-50)75(54-40-42-59-58-24-10-13-28-63(58)73(3,4)67(59)45-54)52-21-16-20-48(32-37-52)51-35-41-61-60-25-12-15-31-68(60)76-69(61)44-51/h5-15,17-45H,1,16H2,2-4H3. The number of rotatable bonds is 7. The van der Waals surface area contributed by atoms with E-state index in [9.17, 15) is 0 Å². The molecule has 0 radical (unpaired) electrons. The number of fused-ring (bicyclic) bond motifs is 15. The fourth-order valence-electron chi connectivity index (χ4n) is 13.6. The second kappa shape index (κ2) is 17.0. The van der Waals surface area contributed by atoms with Crippen LogP contribution in [0.3, 0.4) is 0 Å².